The first kappa shape index (κ1) is 19.1. The van der Waals surface area contributed by atoms with Crippen LogP contribution in [0.5, 0.6) is 5.75 Å². The lowest BCUT2D eigenvalue weighted by molar-refractivity contribution is 0.0731. The van der Waals surface area contributed by atoms with Crippen LogP contribution < -0.4 is 10.2 Å². The molecule has 4 rings (SSSR count). The van der Waals surface area contributed by atoms with E-state index >= 15 is 0 Å². The standard InChI is InChI=1S/C23H16BrNO4/c1-13-3-6-15(7-4-13)21-22(29-23(27)16-10-17(24)12-25-11-16)20(26)18-8-5-14(2)9-19(18)28-21/h3-12H,1-2H3. The Morgan fingerprint density at radius 2 is 1.72 bits per heavy atom. The van der Waals surface area contributed by atoms with E-state index in [2.05, 4.69) is 20.9 Å². The Bertz CT molecular complexity index is 1290. The summed E-state index contributed by atoms with van der Waals surface area (Å²) in [5, 5.41) is 0.349. The molecular weight excluding hydrogens is 434 g/mol. The van der Waals surface area contributed by atoms with Crippen molar-refractivity contribution in [2.45, 2.75) is 13.8 Å². The molecule has 6 heteroatoms. The van der Waals surface area contributed by atoms with Crippen LogP contribution in [0.4, 0.5) is 0 Å². The Morgan fingerprint density at radius 1 is 1.00 bits per heavy atom. The van der Waals surface area contributed by atoms with Crippen LogP contribution in [0.3, 0.4) is 0 Å². The molecule has 29 heavy (non-hydrogen) atoms. The number of aromatic nitrogens is 1. The van der Waals surface area contributed by atoms with E-state index < -0.39 is 11.4 Å². The fourth-order valence-corrected chi connectivity index (χ4v) is 3.31. The first-order valence-corrected chi connectivity index (χ1v) is 9.69. The minimum absolute atomic E-state index is 0.143. The van der Waals surface area contributed by atoms with Gasteiger partial charge in [-0.1, -0.05) is 35.9 Å². The SMILES string of the molecule is Cc1ccc(-c2oc3cc(C)ccc3c(=O)c2OC(=O)c2cncc(Br)c2)cc1. The number of aryl methyl sites for hydroxylation is 2. The highest BCUT2D eigenvalue weighted by Gasteiger charge is 2.21. The molecule has 0 amide bonds. The Kier molecular flexibility index (Phi) is 5.03. The summed E-state index contributed by atoms with van der Waals surface area (Å²) in [5.41, 5.74) is 2.92. The minimum atomic E-state index is -0.689. The summed E-state index contributed by atoms with van der Waals surface area (Å²) in [7, 11) is 0. The van der Waals surface area contributed by atoms with E-state index in [0.717, 1.165) is 11.1 Å². The second kappa shape index (κ2) is 7.64. The van der Waals surface area contributed by atoms with Gasteiger partial charge in [-0.2, -0.15) is 0 Å². The van der Waals surface area contributed by atoms with Crippen LogP contribution in [0.2, 0.25) is 0 Å². The van der Waals surface area contributed by atoms with Crippen LogP contribution in [0.25, 0.3) is 22.3 Å². The normalized spacial score (nSPS) is 10.9. The third-order valence-corrected chi connectivity index (χ3v) is 4.89. The van der Waals surface area contributed by atoms with E-state index in [-0.39, 0.29) is 17.1 Å². The van der Waals surface area contributed by atoms with Crippen molar-refractivity contribution in [2.75, 3.05) is 0 Å². The summed E-state index contributed by atoms with van der Waals surface area (Å²) < 4.78 is 12.2. The third kappa shape index (κ3) is 3.84. The molecule has 2 aromatic carbocycles. The van der Waals surface area contributed by atoms with Crippen molar-refractivity contribution < 1.29 is 13.9 Å². The van der Waals surface area contributed by atoms with E-state index in [9.17, 15) is 9.59 Å². The van der Waals surface area contributed by atoms with Gasteiger partial charge in [-0.25, -0.2) is 4.79 Å². The molecule has 0 saturated heterocycles. The zero-order valence-corrected chi connectivity index (χ0v) is 17.3. The maximum absolute atomic E-state index is 13.2. The topological polar surface area (TPSA) is 69.4 Å². The molecule has 5 nitrogen and oxygen atoms in total. The molecule has 0 bridgehead atoms. The first-order chi connectivity index (χ1) is 13.9. The molecule has 0 fully saturated rings. The van der Waals surface area contributed by atoms with Gasteiger partial charge in [0.15, 0.2) is 5.76 Å². The van der Waals surface area contributed by atoms with E-state index in [4.69, 9.17) is 9.15 Å². The van der Waals surface area contributed by atoms with Gasteiger partial charge in [0.1, 0.15) is 5.58 Å². The summed E-state index contributed by atoms with van der Waals surface area (Å²) in [4.78, 5) is 29.8. The van der Waals surface area contributed by atoms with Crippen LogP contribution in [0.1, 0.15) is 21.5 Å². The molecular formula is C23H16BrNO4. The molecule has 2 heterocycles. The quantitative estimate of drug-likeness (QED) is 0.388. The monoisotopic (exact) mass is 449 g/mol. The van der Waals surface area contributed by atoms with Gasteiger partial charge in [-0.3, -0.25) is 9.78 Å². The lowest BCUT2D eigenvalue weighted by atomic mass is 10.1. The number of ether oxygens (including phenoxy) is 1. The summed E-state index contributed by atoms with van der Waals surface area (Å²) in [6.07, 6.45) is 2.94. The van der Waals surface area contributed by atoms with Crippen molar-refractivity contribution in [1.29, 1.82) is 0 Å². The van der Waals surface area contributed by atoms with Gasteiger partial charge >= 0.3 is 5.97 Å². The zero-order valence-electron chi connectivity index (χ0n) is 15.7. The Balaban J connectivity index is 1.90. The fraction of sp³-hybridized carbons (Fsp3) is 0.0870. The number of hydrogen-bond donors (Lipinski definition) is 0. The zero-order chi connectivity index (χ0) is 20.5. The number of esters is 1. The summed E-state index contributed by atoms with van der Waals surface area (Å²) in [5.74, 6) is -0.620. The van der Waals surface area contributed by atoms with Gasteiger partial charge < -0.3 is 9.15 Å². The summed E-state index contributed by atoms with van der Waals surface area (Å²) >= 11 is 3.28. The molecule has 0 N–H and O–H groups in total. The molecule has 0 unspecified atom stereocenters. The van der Waals surface area contributed by atoms with Crippen molar-refractivity contribution in [2.24, 2.45) is 0 Å². The second-order valence-corrected chi connectivity index (χ2v) is 7.65. The predicted octanol–water partition coefficient (Wildman–Crippen LogP) is 5.45. The van der Waals surface area contributed by atoms with Crippen LogP contribution in [-0.2, 0) is 0 Å². The van der Waals surface area contributed by atoms with E-state index in [1.165, 1.54) is 6.20 Å². The molecule has 144 valence electrons. The number of benzene rings is 2. The molecule has 0 atom stereocenters. The lowest BCUT2D eigenvalue weighted by Crippen LogP contribution is -2.16. The molecule has 0 radical (unpaired) electrons. The number of pyridine rings is 1. The highest BCUT2D eigenvalue weighted by Crippen LogP contribution is 2.32. The number of halogens is 1. The Labute approximate surface area is 175 Å². The maximum atomic E-state index is 13.2. The van der Waals surface area contributed by atoms with Crippen molar-refractivity contribution in [3.63, 3.8) is 0 Å². The first-order valence-electron chi connectivity index (χ1n) is 8.89. The molecule has 0 aliphatic rings. The van der Waals surface area contributed by atoms with Crippen LogP contribution in [-0.4, -0.2) is 11.0 Å². The summed E-state index contributed by atoms with van der Waals surface area (Å²) in [6, 6.07) is 14.3. The van der Waals surface area contributed by atoms with Crippen LogP contribution >= 0.6 is 15.9 Å². The molecule has 0 saturated carbocycles. The molecule has 4 aromatic rings. The fourth-order valence-electron chi connectivity index (χ4n) is 2.95. The van der Waals surface area contributed by atoms with Gasteiger partial charge in [0.05, 0.1) is 10.9 Å². The molecule has 0 aliphatic carbocycles. The third-order valence-electron chi connectivity index (χ3n) is 4.46. The van der Waals surface area contributed by atoms with Crippen LogP contribution in [0, 0.1) is 13.8 Å². The van der Waals surface area contributed by atoms with Gasteiger partial charge in [-0.05, 0) is 53.5 Å². The predicted molar refractivity (Wildman–Crippen MR) is 114 cm³/mol. The maximum Gasteiger partial charge on any atom is 0.345 e. The number of carbonyl (C=O) groups excluding carboxylic acids is 1. The van der Waals surface area contributed by atoms with Gasteiger partial charge in [0.2, 0.25) is 11.2 Å². The van der Waals surface area contributed by atoms with Crippen LogP contribution in [0.15, 0.2) is 74.6 Å². The van der Waals surface area contributed by atoms with E-state index in [1.807, 2.05) is 44.2 Å². The molecule has 0 spiro atoms. The Morgan fingerprint density at radius 3 is 2.45 bits per heavy atom. The smallest absolute Gasteiger partial charge is 0.345 e. The van der Waals surface area contributed by atoms with Gasteiger partial charge in [-0.15, -0.1) is 0 Å². The number of rotatable bonds is 3. The number of nitrogens with zero attached hydrogens (tertiary/aromatic N) is 1. The van der Waals surface area contributed by atoms with Crippen molar-refractivity contribution in [3.8, 4) is 17.1 Å². The van der Waals surface area contributed by atoms with Crippen molar-refractivity contribution in [1.82, 2.24) is 4.98 Å². The van der Waals surface area contributed by atoms with E-state index in [0.29, 0.717) is 21.0 Å². The number of carbonyl (C=O) groups is 1. The van der Waals surface area contributed by atoms with E-state index in [1.54, 1.807) is 24.4 Å². The van der Waals surface area contributed by atoms with Crippen molar-refractivity contribution in [3.05, 3.63) is 92.3 Å². The summed E-state index contributed by atoms with van der Waals surface area (Å²) in [6.45, 7) is 3.88. The number of fused-ring (bicyclic) bond motifs is 1. The minimum Gasteiger partial charge on any atom is -0.452 e. The largest absolute Gasteiger partial charge is 0.452 e. The van der Waals surface area contributed by atoms with Crippen molar-refractivity contribution >= 4 is 32.9 Å². The van der Waals surface area contributed by atoms with Gasteiger partial charge in [0, 0.05) is 22.4 Å². The molecule has 2 aromatic heterocycles. The highest BCUT2D eigenvalue weighted by atomic mass is 79.9. The molecule has 0 aliphatic heterocycles. The number of hydrogen-bond acceptors (Lipinski definition) is 5. The Hall–Kier alpha value is -3.25. The highest BCUT2D eigenvalue weighted by molar-refractivity contribution is 9.10. The second-order valence-electron chi connectivity index (χ2n) is 6.74. The lowest BCUT2D eigenvalue weighted by Gasteiger charge is -2.11. The van der Waals surface area contributed by atoms with Gasteiger partial charge in [0.25, 0.3) is 0 Å². The average molecular weight is 450 g/mol. The average Bonchev–Trinajstić information content (AvgIpc) is 2.70.